The number of anilines is 1. The number of alkyl halides is 3. The van der Waals surface area contributed by atoms with Crippen LogP contribution >= 0.6 is 0 Å². The highest BCUT2D eigenvalue weighted by Gasteiger charge is 2.28. The van der Waals surface area contributed by atoms with E-state index in [-0.39, 0.29) is 24.1 Å². The van der Waals surface area contributed by atoms with Gasteiger partial charge < -0.3 is 15.3 Å². The Hall–Kier alpha value is -1.76. The van der Waals surface area contributed by atoms with Gasteiger partial charge in [-0.2, -0.15) is 13.2 Å². The van der Waals surface area contributed by atoms with E-state index >= 15 is 0 Å². The molecular weight excluding hydrogens is 297 g/mol. The lowest BCUT2D eigenvalue weighted by atomic mass is 9.99. The number of hydrogen-bond donors (Lipinski definition) is 2. The number of benzene rings is 1. The maximum absolute atomic E-state index is 12.4. The number of aliphatic hydroxyl groups is 1. The highest BCUT2D eigenvalue weighted by Crippen LogP contribution is 2.23. The van der Waals surface area contributed by atoms with Crippen molar-refractivity contribution in [2.24, 2.45) is 5.92 Å². The number of likely N-dealkylation sites (tertiary alicyclic amines) is 1. The highest BCUT2D eigenvalue weighted by atomic mass is 19.4. The van der Waals surface area contributed by atoms with E-state index in [9.17, 15) is 18.0 Å². The van der Waals surface area contributed by atoms with Crippen molar-refractivity contribution >= 4 is 11.7 Å². The quantitative estimate of drug-likeness (QED) is 0.900. The molecule has 4 nitrogen and oxygen atoms in total. The van der Waals surface area contributed by atoms with Crippen molar-refractivity contribution in [2.75, 3.05) is 25.0 Å². The Labute approximate surface area is 126 Å². The van der Waals surface area contributed by atoms with Gasteiger partial charge in [-0.3, -0.25) is 0 Å². The smallest absolute Gasteiger partial charge is 0.393 e. The van der Waals surface area contributed by atoms with E-state index in [1.165, 1.54) is 18.2 Å². The standard InChI is InChI=1S/C15H19F3N2O2/c16-15(17,18)8-11-3-1-5-13(7-11)19-14(22)20-6-2-4-12(9-20)10-21/h1,3,5,7,12,21H,2,4,6,8-10H2,(H,19,22). The SMILES string of the molecule is O=C(Nc1cccc(CC(F)(F)F)c1)N1CCCC(CO)C1. The number of carbonyl (C=O) groups is 1. The minimum Gasteiger partial charge on any atom is -0.396 e. The molecule has 1 aliphatic rings. The fourth-order valence-corrected chi connectivity index (χ4v) is 2.59. The molecule has 0 spiro atoms. The van der Waals surface area contributed by atoms with Crippen LogP contribution in [0.25, 0.3) is 0 Å². The Balaban J connectivity index is 1.98. The van der Waals surface area contributed by atoms with Crippen molar-refractivity contribution in [3.8, 4) is 0 Å². The van der Waals surface area contributed by atoms with Gasteiger partial charge in [-0.25, -0.2) is 4.79 Å². The number of piperidine rings is 1. The molecule has 0 bridgehead atoms. The molecule has 1 aromatic carbocycles. The van der Waals surface area contributed by atoms with E-state index < -0.39 is 12.6 Å². The van der Waals surface area contributed by atoms with Gasteiger partial charge in [0.15, 0.2) is 0 Å². The topological polar surface area (TPSA) is 52.6 Å². The van der Waals surface area contributed by atoms with Crippen LogP contribution in [0.2, 0.25) is 0 Å². The number of hydrogen-bond acceptors (Lipinski definition) is 2. The number of amides is 2. The Morgan fingerprint density at radius 3 is 2.86 bits per heavy atom. The van der Waals surface area contributed by atoms with Crippen LogP contribution in [0, 0.1) is 5.92 Å². The fourth-order valence-electron chi connectivity index (χ4n) is 2.59. The number of carbonyl (C=O) groups excluding carboxylic acids is 1. The van der Waals surface area contributed by atoms with Gasteiger partial charge in [0.2, 0.25) is 0 Å². The zero-order valence-corrected chi connectivity index (χ0v) is 12.1. The molecule has 1 heterocycles. The highest BCUT2D eigenvalue weighted by molar-refractivity contribution is 5.89. The number of rotatable bonds is 3. The summed E-state index contributed by atoms with van der Waals surface area (Å²) in [4.78, 5) is 13.7. The Morgan fingerprint density at radius 1 is 1.41 bits per heavy atom. The van der Waals surface area contributed by atoms with E-state index in [0.29, 0.717) is 18.8 Å². The summed E-state index contributed by atoms with van der Waals surface area (Å²) in [7, 11) is 0. The van der Waals surface area contributed by atoms with E-state index in [1.54, 1.807) is 11.0 Å². The van der Waals surface area contributed by atoms with Crippen molar-refractivity contribution in [3.63, 3.8) is 0 Å². The Bertz CT molecular complexity index is 520. The second kappa shape index (κ2) is 7.00. The molecular formula is C15H19F3N2O2. The van der Waals surface area contributed by atoms with Gasteiger partial charge in [0, 0.05) is 25.4 Å². The molecule has 1 aliphatic heterocycles. The summed E-state index contributed by atoms with van der Waals surface area (Å²) in [6.07, 6.45) is -3.61. The van der Waals surface area contributed by atoms with Crippen LogP contribution in [-0.2, 0) is 6.42 Å². The van der Waals surface area contributed by atoms with Gasteiger partial charge in [-0.05, 0) is 36.5 Å². The van der Waals surface area contributed by atoms with Gasteiger partial charge >= 0.3 is 12.2 Å². The zero-order valence-electron chi connectivity index (χ0n) is 12.1. The molecule has 22 heavy (non-hydrogen) atoms. The summed E-state index contributed by atoms with van der Waals surface area (Å²) in [5.41, 5.74) is 0.454. The molecule has 0 saturated carbocycles. The molecule has 122 valence electrons. The average Bonchev–Trinajstić information content (AvgIpc) is 2.46. The molecule has 1 fully saturated rings. The second-order valence-electron chi connectivity index (χ2n) is 5.56. The van der Waals surface area contributed by atoms with Gasteiger partial charge in [0.25, 0.3) is 0 Å². The van der Waals surface area contributed by atoms with Crippen LogP contribution in [0.15, 0.2) is 24.3 Å². The second-order valence-corrected chi connectivity index (χ2v) is 5.56. The molecule has 0 aromatic heterocycles. The predicted octanol–water partition coefficient (Wildman–Crippen LogP) is 3.03. The third-order valence-electron chi connectivity index (χ3n) is 3.65. The normalized spacial score (nSPS) is 19.1. The van der Waals surface area contributed by atoms with Crippen LogP contribution in [0.4, 0.5) is 23.7 Å². The largest absolute Gasteiger partial charge is 0.396 e. The number of halogens is 3. The first kappa shape index (κ1) is 16.6. The maximum Gasteiger partial charge on any atom is 0.393 e. The molecule has 1 aromatic rings. The summed E-state index contributed by atoms with van der Waals surface area (Å²) >= 11 is 0. The first-order chi connectivity index (χ1) is 10.4. The average molecular weight is 316 g/mol. The van der Waals surface area contributed by atoms with E-state index in [1.807, 2.05) is 0 Å². The number of urea groups is 1. The molecule has 0 radical (unpaired) electrons. The van der Waals surface area contributed by atoms with Crippen molar-refractivity contribution < 1.29 is 23.1 Å². The number of nitrogens with zero attached hydrogens (tertiary/aromatic N) is 1. The summed E-state index contributed by atoms with van der Waals surface area (Å²) in [6.45, 7) is 1.08. The molecule has 7 heteroatoms. The number of aliphatic hydroxyl groups excluding tert-OH is 1. The minimum atomic E-state index is -4.27. The van der Waals surface area contributed by atoms with Crippen LogP contribution in [0.3, 0.4) is 0 Å². The maximum atomic E-state index is 12.4. The van der Waals surface area contributed by atoms with E-state index in [0.717, 1.165) is 12.8 Å². The van der Waals surface area contributed by atoms with Crippen LogP contribution < -0.4 is 5.32 Å². The van der Waals surface area contributed by atoms with Gasteiger partial charge in [0.05, 0.1) is 6.42 Å². The van der Waals surface area contributed by atoms with Crippen molar-refractivity contribution in [1.29, 1.82) is 0 Å². The fraction of sp³-hybridized carbons (Fsp3) is 0.533. The molecule has 1 atom stereocenters. The molecule has 1 unspecified atom stereocenters. The van der Waals surface area contributed by atoms with E-state index in [2.05, 4.69) is 5.32 Å². The minimum absolute atomic E-state index is 0.0326. The van der Waals surface area contributed by atoms with Crippen molar-refractivity contribution in [1.82, 2.24) is 4.90 Å². The molecule has 2 amide bonds. The monoisotopic (exact) mass is 316 g/mol. The predicted molar refractivity (Wildman–Crippen MR) is 76.6 cm³/mol. The van der Waals surface area contributed by atoms with Gasteiger partial charge in [-0.15, -0.1) is 0 Å². The summed E-state index contributed by atoms with van der Waals surface area (Å²) in [5.74, 6) is 0.0658. The zero-order chi connectivity index (χ0) is 16.2. The first-order valence-electron chi connectivity index (χ1n) is 7.20. The van der Waals surface area contributed by atoms with Crippen LogP contribution in [0.1, 0.15) is 18.4 Å². The van der Waals surface area contributed by atoms with Crippen molar-refractivity contribution in [3.05, 3.63) is 29.8 Å². The van der Waals surface area contributed by atoms with Crippen LogP contribution in [-0.4, -0.2) is 41.9 Å². The van der Waals surface area contributed by atoms with Gasteiger partial charge in [-0.1, -0.05) is 12.1 Å². The molecule has 1 saturated heterocycles. The summed E-state index contributed by atoms with van der Waals surface area (Å²) in [6, 6.07) is 5.42. The van der Waals surface area contributed by atoms with E-state index in [4.69, 9.17) is 5.11 Å². The lowest BCUT2D eigenvalue weighted by Gasteiger charge is -2.31. The molecule has 0 aliphatic carbocycles. The molecule has 2 rings (SSSR count). The summed E-state index contributed by atoms with van der Waals surface area (Å²) < 4.78 is 37.2. The Morgan fingerprint density at radius 2 is 2.18 bits per heavy atom. The lowest BCUT2D eigenvalue weighted by molar-refractivity contribution is -0.127. The first-order valence-corrected chi connectivity index (χ1v) is 7.20. The van der Waals surface area contributed by atoms with Crippen molar-refractivity contribution in [2.45, 2.75) is 25.4 Å². The Kier molecular flexibility index (Phi) is 5.28. The molecule has 2 N–H and O–H groups in total. The number of nitrogens with one attached hydrogen (secondary N) is 1. The summed E-state index contributed by atoms with van der Waals surface area (Å²) in [5, 5.41) is 11.8. The van der Waals surface area contributed by atoms with Crippen LogP contribution in [0.5, 0.6) is 0 Å². The lowest BCUT2D eigenvalue weighted by Crippen LogP contribution is -2.43. The third kappa shape index (κ3) is 4.91. The third-order valence-corrected chi connectivity index (χ3v) is 3.65. The van der Waals surface area contributed by atoms with Gasteiger partial charge in [0.1, 0.15) is 0 Å².